The lowest BCUT2D eigenvalue weighted by Crippen LogP contribution is -2.18. The Morgan fingerprint density at radius 1 is 1.47 bits per heavy atom. The first-order valence-electron chi connectivity index (χ1n) is 5.20. The van der Waals surface area contributed by atoms with Crippen LogP contribution in [0.5, 0.6) is 0 Å². The lowest BCUT2D eigenvalue weighted by atomic mass is 10.1. The fraction of sp³-hybridized carbons (Fsp3) is 0.455. The van der Waals surface area contributed by atoms with Gasteiger partial charge in [-0.1, -0.05) is 6.92 Å². The highest BCUT2D eigenvalue weighted by Gasteiger charge is 2.15. The van der Waals surface area contributed by atoms with Crippen LogP contribution >= 0.6 is 15.9 Å². The van der Waals surface area contributed by atoms with Gasteiger partial charge in [-0.2, -0.15) is 0 Å². The fourth-order valence-corrected chi connectivity index (χ4v) is 2.14. The van der Waals surface area contributed by atoms with Crippen molar-refractivity contribution in [2.75, 3.05) is 17.2 Å². The number of hydrogen-bond donors (Lipinski definition) is 2. The minimum atomic E-state index is -0.224. The molecular weight excluding hydrogens is 259 g/mol. The van der Waals surface area contributed by atoms with Crippen molar-refractivity contribution in [2.45, 2.75) is 25.8 Å². The van der Waals surface area contributed by atoms with Crippen molar-refractivity contribution in [3.8, 4) is 0 Å². The molecule has 2 rings (SSSR count). The zero-order chi connectivity index (χ0) is 10.8. The molecule has 1 aromatic rings. The van der Waals surface area contributed by atoms with Crippen LogP contribution in [0.15, 0.2) is 16.6 Å². The van der Waals surface area contributed by atoms with Crippen LogP contribution in [0.25, 0.3) is 0 Å². The van der Waals surface area contributed by atoms with E-state index in [0.717, 1.165) is 30.8 Å². The molecule has 0 fully saturated rings. The molecule has 2 nitrogen and oxygen atoms in total. The van der Waals surface area contributed by atoms with Crippen LogP contribution in [0.3, 0.4) is 0 Å². The summed E-state index contributed by atoms with van der Waals surface area (Å²) >= 11 is 3.20. The number of hydrogen-bond acceptors (Lipinski definition) is 2. The fourth-order valence-electron chi connectivity index (χ4n) is 1.79. The van der Waals surface area contributed by atoms with Gasteiger partial charge in [0, 0.05) is 18.7 Å². The maximum Gasteiger partial charge on any atom is 0.139 e. The average molecular weight is 273 g/mol. The highest BCUT2D eigenvalue weighted by atomic mass is 79.9. The Hall–Kier alpha value is -0.770. The van der Waals surface area contributed by atoms with Gasteiger partial charge in [0.1, 0.15) is 5.82 Å². The number of anilines is 2. The van der Waals surface area contributed by atoms with E-state index < -0.39 is 0 Å². The second-order valence-corrected chi connectivity index (χ2v) is 4.63. The standard InChI is InChI=1S/C11H14BrFN2/c1-2-7-3-4-14-10-6-9(13)8(12)5-11(10)15-7/h5-7,14-15H,2-4H2,1H3. The molecule has 0 amide bonds. The normalized spacial score (nSPS) is 19.8. The summed E-state index contributed by atoms with van der Waals surface area (Å²) in [7, 11) is 0. The molecule has 0 spiro atoms. The first kappa shape index (κ1) is 10.7. The number of nitrogens with one attached hydrogen (secondary N) is 2. The molecule has 15 heavy (non-hydrogen) atoms. The number of fused-ring (bicyclic) bond motifs is 1. The van der Waals surface area contributed by atoms with Gasteiger partial charge in [-0.05, 0) is 34.8 Å². The van der Waals surface area contributed by atoms with Crippen LogP contribution in [-0.2, 0) is 0 Å². The van der Waals surface area contributed by atoms with Crippen LogP contribution in [-0.4, -0.2) is 12.6 Å². The summed E-state index contributed by atoms with van der Waals surface area (Å²) in [6, 6.07) is 3.80. The second kappa shape index (κ2) is 4.39. The van der Waals surface area contributed by atoms with Crippen molar-refractivity contribution < 1.29 is 4.39 Å². The zero-order valence-electron chi connectivity index (χ0n) is 8.61. The maximum absolute atomic E-state index is 13.3. The van der Waals surface area contributed by atoms with E-state index in [-0.39, 0.29) is 5.82 Å². The third kappa shape index (κ3) is 2.25. The molecule has 1 aliphatic heterocycles. The van der Waals surface area contributed by atoms with Crippen LogP contribution in [0, 0.1) is 5.82 Å². The van der Waals surface area contributed by atoms with Gasteiger partial charge in [0.2, 0.25) is 0 Å². The van der Waals surface area contributed by atoms with Crippen LogP contribution in [0.1, 0.15) is 19.8 Å². The predicted molar refractivity (Wildman–Crippen MR) is 64.9 cm³/mol. The third-order valence-electron chi connectivity index (χ3n) is 2.72. The van der Waals surface area contributed by atoms with Crippen molar-refractivity contribution in [1.29, 1.82) is 0 Å². The van der Waals surface area contributed by atoms with Crippen LogP contribution in [0.2, 0.25) is 0 Å². The molecule has 1 heterocycles. The van der Waals surface area contributed by atoms with Gasteiger partial charge >= 0.3 is 0 Å². The van der Waals surface area contributed by atoms with Crippen molar-refractivity contribution in [2.24, 2.45) is 0 Å². The van der Waals surface area contributed by atoms with Gasteiger partial charge in [-0.3, -0.25) is 0 Å². The Bertz CT molecular complexity index is 368. The molecule has 0 radical (unpaired) electrons. The van der Waals surface area contributed by atoms with Crippen molar-refractivity contribution >= 4 is 27.3 Å². The van der Waals surface area contributed by atoms with E-state index in [0.29, 0.717) is 10.5 Å². The van der Waals surface area contributed by atoms with E-state index in [2.05, 4.69) is 33.5 Å². The van der Waals surface area contributed by atoms with Crippen molar-refractivity contribution in [3.63, 3.8) is 0 Å². The van der Waals surface area contributed by atoms with E-state index in [1.807, 2.05) is 0 Å². The van der Waals surface area contributed by atoms with Crippen molar-refractivity contribution in [3.05, 3.63) is 22.4 Å². The Kier molecular flexibility index (Phi) is 3.14. The monoisotopic (exact) mass is 272 g/mol. The first-order chi connectivity index (χ1) is 7.20. The van der Waals surface area contributed by atoms with E-state index in [9.17, 15) is 4.39 Å². The smallest absolute Gasteiger partial charge is 0.139 e. The Labute approximate surface area is 97.4 Å². The number of halogens is 2. The minimum absolute atomic E-state index is 0.224. The molecule has 0 aromatic heterocycles. The maximum atomic E-state index is 13.3. The Morgan fingerprint density at radius 2 is 2.27 bits per heavy atom. The molecule has 1 atom stereocenters. The van der Waals surface area contributed by atoms with Gasteiger partial charge in [0.25, 0.3) is 0 Å². The molecule has 4 heteroatoms. The molecule has 0 bridgehead atoms. The summed E-state index contributed by atoms with van der Waals surface area (Å²) in [5.74, 6) is -0.224. The molecule has 1 unspecified atom stereocenters. The average Bonchev–Trinajstić information content (AvgIpc) is 2.41. The van der Waals surface area contributed by atoms with Gasteiger partial charge in [-0.15, -0.1) is 0 Å². The third-order valence-corrected chi connectivity index (χ3v) is 3.33. The Morgan fingerprint density at radius 3 is 3.00 bits per heavy atom. The highest BCUT2D eigenvalue weighted by Crippen LogP contribution is 2.31. The lowest BCUT2D eigenvalue weighted by Gasteiger charge is -2.15. The van der Waals surface area contributed by atoms with Gasteiger partial charge in [-0.25, -0.2) is 4.39 Å². The van der Waals surface area contributed by atoms with E-state index in [1.165, 1.54) is 6.07 Å². The van der Waals surface area contributed by atoms with Gasteiger partial charge in [0.05, 0.1) is 15.8 Å². The molecule has 1 aromatic carbocycles. The molecule has 0 aliphatic carbocycles. The van der Waals surface area contributed by atoms with Crippen molar-refractivity contribution in [1.82, 2.24) is 0 Å². The Balaban J connectivity index is 2.34. The quantitative estimate of drug-likeness (QED) is 0.817. The highest BCUT2D eigenvalue weighted by molar-refractivity contribution is 9.10. The summed E-state index contributed by atoms with van der Waals surface area (Å²) in [6.45, 7) is 3.04. The molecule has 2 N–H and O–H groups in total. The largest absolute Gasteiger partial charge is 0.383 e. The molecule has 0 saturated heterocycles. The summed E-state index contributed by atoms with van der Waals surface area (Å²) in [5.41, 5.74) is 1.83. The minimum Gasteiger partial charge on any atom is -0.383 e. The predicted octanol–water partition coefficient (Wildman–Crippen LogP) is 3.59. The van der Waals surface area contributed by atoms with Gasteiger partial charge in [0.15, 0.2) is 0 Å². The molecule has 1 aliphatic rings. The number of benzene rings is 1. The molecule has 0 saturated carbocycles. The SMILES string of the molecule is CCC1CCNc2cc(F)c(Br)cc2N1. The summed E-state index contributed by atoms with van der Waals surface area (Å²) < 4.78 is 13.8. The summed E-state index contributed by atoms with van der Waals surface area (Å²) in [6.07, 6.45) is 2.14. The van der Waals surface area contributed by atoms with E-state index in [4.69, 9.17) is 0 Å². The zero-order valence-corrected chi connectivity index (χ0v) is 10.2. The summed E-state index contributed by atoms with van der Waals surface area (Å²) in [4.78, 5) is 0. The van der Waals surface area contributed by atoms with E-state index in [1.54, 1.807) is 6.07 Å². The van der Waals surface area contributed by atoms with Gasteiger partial charge < -0.3 is 10.6 Å². The lowest BCUT2D eigenvalue weighted by molar-refractivity contribution is 0.622. The molecule has 82 valence electrons. The molecular formula is C11H14BrFN2. The summed E-state index contributed by atoms with van der Waals surface area (Å²) in [5, 5.41) is 6.65. The first-order valence-corrected chi connectivity index (χ1v) is 5.99. The number of rotatable bonds is 1. The van der Waals surface area contributed by atoms with E-state index >= 15 is 0 Å². The van der Waals surface area contributed by atoms with Crippen LogP contribution in [0.4, 0.5) is 15.8 Å². The van der Waals surface area contributed by atoms with Crippen LogP contribution < -0.4 is 10.6 Å². The topological polar surface area (TPSA) is 24.1 Å². The second-order valence-electron chi connectivity index (χ2n) is 3.78.